The van der Waals surface area contributed by atoms with Gasteiger partial charge in [0.25, 0.3) is 0 Å². The number of aromatic carboxylic acids is 2. The number of carbonyl (C=O) groups is 3. The summed E-state index contributed by atoms with van der Waals surface area (Å²) in [6, 6.07) is 3.25. The molecule has 0 radical (unpaired) electrons. The summed E-state index contributed by atoms with van der Waals surface area (Å²) in [7, 11) is 0. The molecule has 0 bridgehead atoms. The third-order valence-electron chi connectivity index (χ3n) is 4.56. The zero-order valence-electron chi connectivity index (χ0n) is 17.2. The zero-order chi connectivity index (χ0) is 24.2. The van der Waals surface area contributed by atoms with Crippen LogP contribution in [0.4, 0.5) is 0 Å². The first-order valence-corrected chi connectivity index (χ1v) is 9.53. The van der Waals surface area contributed by atoms with Gasteiger partial charge < -0.3 is 29.4 Å². The van der Waals surface area contributed by atoms with Gasteiger partial charge in [-0.1, -0.05) is 13.3 Å². The fourth-order valence-electron chi connectivity index (χ4n) is 3.34. The van der Waals surface area contributed by atoms with Gasteiger partial charge in [0.2, 0.25) is 5.76 Å². The van der Waals surface area contributed by atoms with Crippen LogP contribution in [0.25, 0.3) is 21.9 Å². The molecule has 2 heterocycles. The average Bonchev–Trinajstić information content (AvgIpc) is 2.74. The molecule has 174 valence electrons. The van der Waals surface area contributed by atoms with Crippen LogP contribution in [0.5, 0.6) is 0 Å². The monoisotopic (exact) mass is 495 g/mol. The molecule has 13 heteroatoms. The number of aryl methyl sites for hydroxylation is 2. The summed E-state index contributed by atoms with van der Waals surface area (Å²) in [6.07, 6.45) is 0.993. The van der Waals surface area contributed by atoms with Crippen LogP contribution >= 0.6 is 0 Å². The molecule has 1 aromatic carbocycles. The maximum absolute atomic E-state index is 12.6. The summed E-state index contributed by atoms with van der Waals surface area (Å²) in [5.74, 6) is -4.34. The van der Waals surface area contributed by atoms with Crippen molar-refractivity contribution in [3.05, 3.63) is 55.7 Å². The van der Waals surface area contributed by atoms with E-state index in [0.29, 0.717) is 23.9 Å². The Bertz CT molecular complexity index is 1340. The molecule has 0 saturated carbocycles. The van der Waals surface area contributed by atoms with E-state index in [0.717, 1.165) is 12.1 Å². The molecule has 0 fully saturated rings. The number of benzene rings is 1. The number of aliphatic hydroxyl groups is 1. The number of aliphatic hydroxyl groups excluding tert-OH is 1. The van der Waals surface area contributed by atoms with Crippen LogP contribution in [-0.2, 0) is 17.8 Å². The van der Waals surface area contributed by atoms with E-state index in [1.165, 1.54) is 10.6 Å². The molecule has 4 N–H and O–H groups in total. The Hall–Kier alpha value is -1.99. The minimum atomic E-state index is -1.39. The molecule has 34 heavy (non-hydrogen) atoms. The van der Waals surface area contributed by atoms with Gasteiger partial charge in [-0.15, -0.1) is 0 Å². The number of fused-ring (bicyclic) bond motifs is 2. The molecule has 0 saturated heterocycles. The number of hydrogen-bond donors (Lipinski definition) is 4. The molecule has 3 aromatic rings. The van der Waals surface area contributed by atoms with Gasteiger partial charge in [0.05, 0.1) is 10.9 Å². The number of aromatic nitrogens is 1. The van der Waals surface area contributed by atoms with Crippen LogP contribution in [0.2, 0.25) is 0 Å². The second-order valence-electron chi connectivity index (χ2n) is 6.65. The second-order valence-corrected chi connectivity index (χ2v) is 6.65. The molecule has 0 aliphatic carbocycles. The van der Waals surface area contributed by atoms with Crippen LogP contribution in [0.1, 0.15) is 46.9 Å². The molecule has 0 atom stereocenters. The van der Waals surface area contributed by atoms with E-state index in [4.69, 9.17) is 19.4 Å². The molecule has 0 aliphatic rings. The van der Waals surface area contributed by atoms with Gasteiger partial charge in [-0.25, -0.2) is 14.4 Å². The fraction of sp³-hybridized carbons (Fsp3) is 0.286. The first-order chi connectivity index (χ1) is 15.1. The second kappa shape index (κ2) is 13.8. The van der Waals surface area contributed by atoms with E-state index >= 15 is 0 Å². The van der Waals surface area contributed by atoms with Gasteiger partial charge in [-0.05, 0) is 19.4 Å². The molecular weight excluding hydrogens is 472 g/mol. The number of nitrogens with zero attached hydrogens (tertiary/aromatic N) is 1. The SMILES string of the molecule is CCCc1c2oc(C(=O)O)cc(=O)c2cc2c(=O)cc(C(=O)O)n(CC)c12.O=C(O)CO.[NaH].[NaH]. The Morgan fingerprint density at radius 2 is 1.47 bits per heavy atom. The molecule has 0 aliphatic heterocycles. The van der Waals surface area contributed by atoms with Gasteiger partial charge in [-0.2, -0.15) is 0 Å². The van der Waals surface area contributed by atoms with E-state index < -0.39 is 41.1 Å². The topological polar surface area (TPSA) is 184 Å². The predicted octanol–water partition coefficient (Wildman–Crippen LogP) is 0.243. The van der Waals surface area contributed by atoms with E-state index in [1.54, 1.807) is 6.92 Å². The van der Waals surface area contributed by atoms with Gasteiger partial charge in [0.1, 0.15) is 17.9 Å². The van der Waals surface area contributed by atoms with Crippen molar-refractivity contribution < 1.29 is 39.2 Å². The van der Waals surface area contributed by atoms with Gasteiger partial charge in [0.15, 0.2) is 10.9 Å². The molecule has 11 nitrogen and oxygen atoms in total. The van der Waals surface area contributed by atoms with Crippen LogP contribution in [-0.4, -0.2) is 109 Å². The van der Waals surface area contributed by atoms with Crippen LogP contribution < -0.4 is 10.9 Å². The fourth-order valence-corrected chi connectivity index (χ4v) is 3.34. The van der Waals surface area contributed by atoms with Crippen LogP contribution in [0, 0.1) is 0 Å². The molecule has 0 spiro atoms. The van der Waals surface area contributed by atoms with Crippen LogP contribution in [0.3, 0.4) is 0 Å². The summed E-state index contributed by atoms with van der Waals surface area (Å²) < 4.78 is 6.94. The molecule has 0 unspecified atom stereocenters. The summed E-state index contributed by atoms with van der Waals surface area (Å²) in [5, 5.41) is 34.0. The summed E-state index contributed by atoms with van der Waals surface area (Å²) in [5.41, 5.74) is -0.401. The Kier molecular flexibility index (Phi) is 13.0. The Labute approximate surface area is 236 Å². The normalized spacial score (nSPS) is 9.97. The van der Waals surface area contributed by atoms with E-state index in [9.17, 15) is 29.4 Å². The summed E-state index contributed by atoms with van der Waals surface area (Å²) in [4.78, 5) is 57.0. The molecular formula is C21H23NNa2O10. The van der Waals surface area contributed by atoms with Crippen molar-refractivity contribution in [3.8, 4) is 0 Å². The Morgan fingerprint density at radius 1 is 0.912 bits per heavy atom. The zero-order valence-corrected chi connectivity index (χ0v) is 17.2. The van der Waals surface area contributed by atoms with Crippen molar-refractivity contribution in [2.45, 2.75) is 33.2 Å². The maximum atomic E-state index is 12.6. The predicted molar refractivity (Wildman–Crippen MR) is 127 cm³/mol. The standard InChI is InChI=1S/C19H17NO7.C2H4O3.2Na.2H/c1-3-5-9-16-10(13(21)7-12(18(23)24)20(16)4-2)6-11-14(22)8-15(19(25)26)27-17(9)11;3-1-2(4)5;;;;/h6-8H,3-5H2,1-2H3,(H,23,24)(H,25,26);3H,1H2,(H,4,5);;;;. The number of aliphatic carboxylic acids is 1. The van der Waals surface area contributed by atoms with Crippen molar-refractivity contribution in [1.82, 2.24) is 4.57 Å². The molecule has 0 amide bonds. The third-order valence-corrected chi connectivity index (χ3v) is 4.56. The van der Waals surface area contributed by atoms with E-state index in [2.05, 4.69) is 0 Å². The number of pyridine rings is 1. The number of carboxylic acid groups (broad SMARTS) is 3. The summed E-state index contributed by atoms with van der Waals surface area (Å²) in [6.45, 7) is 3.10. The van der Waals surface area contributed by atoms with Crippen LogP contribution in [0.15, 0.2) is 32.2 Å². The number of hydrogen-bond acceptors (Lipinski definition) is 7. The van der Waals surface area contributed by atoms with E-state index in [1.807, 2.05) is 6.92 Å². The minimum absolute atomic E-state index is 0. The summed E-state index contributed by atoms with van der Waals surface area (Å²) >= 11 is 0. The molecule has 2 aromatic heterocycles. The van der Waals surface area contributed by atoms with Crippen molar-refractivity contribution in [2.24, 2.45) is 0 Å². The molecule has 3 rings (SSSR count). The van der Waals surface area contributed by atoms with E-state index in [-0.39, 0.29) is 87.7 Å². The van der Waals surface area contributed by atoms with Crippen molar-refractivity contribution in [1.29, 1.82) is 0 Å². The van der Waals surface area contributed by atoms with Gasteiger partial charge in [-0.3, -0.25) is 9.59 Å². The Balaban J connectivity index is 0.00000141. The third kappa shape index (κ3) is 6.79. The van der Waals surface area contributed by atoms with Crippen molar-refractivity contribution in [2.75, 3.05) is 6.61 Å². The first kappa shape index (κ1) is 32.0. The quantitative estimate of drug-likeness (QED) is 0.273. The Morgan fingerprint density at radius 3 is 1.91 bits per heavy atom. The first-order valence-electron chi connectivity index (χ1n) is 9.53. The van der Waals surface area contributed by atoms with Crippen molar-refractivity contribution in [3.63, 3.8) is 0 Å². The van der Waals surface area contributed by atoms with Crippen molar-refractivity contribution >= 4 is 98.9 Å². The number of rotatable bonds is 6. The van der Waals surface area contributed by atoms with Gasteiger partial charge in [0, 0.05) is 29.6 Å². The average molecular weight is 495 g/mol. The number of carboxylic acids is 3. The van der Waals surface area contributed by atoms with Gasteiger partial charge >= 0.3 is 77.0 Å².